The second-order valence-electron chi connectivity index (χ2n) is 4.19. The Labute approximate surface area is 124 Å². The minimum absolute atomic E-state index is 0.381. The molecule has 0 amide bonds. The van der Waals surface area contributed by atoms with Crippen LogP contribution in [-0.4, -0.2) is 27.0 Å². The van der Waals surface area contributed by atoms with E-state index in [0.29, 0.717) is 28.3 Å². The molecule has 0 atom stereocenters. The van der Waals surface area contributed by atoms with E-state index in [-0.39, 0.29) is 0 Å². The van der Waals surface area contributed by atoms with E-state index in [4.69, 9.17) is 27.9 Å². The highest BCUT2D eigenvalue weighted by Crippen LogP contribution is 2.28. The van der Waals surface area contributed by atoms with Crippen molar-refractivity contribution in [1.29, 1.82) is 0 Å². The zero-order chi connectivity index (χ0) is 14.1. The molecule has 0 saturated carbocycles. The first kappa shape index (κ1) is 13.3. The summed E-state index contributed by atoms with van der Waals surface area (Å²) in [6.45, 7) is 0.381. The molecular formula is C13H10Cl2N4O. The number of aromatic amines is 1. The van der Waals surface area contributed by atoms with Crippen molar-refractivity contribution in [2.24, 2.45) is 0 Å². The summed E-state index contributed by atoms with van der Waals surface area (Å²) in [5.41, 5.74) is 2.35. The van der Waals surface area contributed by atoms with E-state index in [9.17, 15) is 0 Å². The largest absolute Gasteiger partial charge is 0.377 e. The van der Waals surface area contributed by atoms with Crippen LogP contribution < -0.4 is 0 Å². The maximum atomic E-state index is 5.98. The molecule has 0 aliphatic rings. The summed E-state index contributed by atoms with van der Waals surface area (Å²) in [5.74, 6) is 1.29. The maximum absolute atomic E-state index is 5.98. The molecule has 0 spiro atoms. The molecule has 1 aromatic carbocycles. The number of halogens is 2. The van der Waals surface area contributed by atoms with Gasteiger partial charge in [0.05, 0.1) is 26.6 Å². The summed E-state index contributed by atoms with van der Waals surface area (Å²) in [6.07, 6.45) is 3.39. The van der Waals surface area contributed by atoms with Crippen LogP contribution in [0.3, 0.4) is 0 Å². The van der Waals surface area contributed by atoms with Crippen molar-refractivity contribution in [3.63, 3.8) is 0 Å². The number of rotatable bonds is 3. The Morgan fingerprint density at radius 2 is 1.85 bits per heavy atom. The number of methoxy groups -OCH3 is 1. The first-order chi connectivity index (χ1) is 9.67. The first-order valence-corrected chi connectivity index (χ1v) is 6.58. The van der Waals surface area contributed by atoms with Crippen molar-refractivity contribution in [2.45, 2.75) is 6.61 Å². The molecule has 2 aromatic heterocycles. The van der Waals surface area contributed by atoms with Gasteiger partial charge in [-0.2, -0.15) is 0 Å². The molecule has 0 bridgehead atoms. The number of hydrogen-bond acceptors (Lipinski definition) is 4. The second kappa shape index (κ2) is 5.36. The Hall–Kier alpha value is -1.69. The average Bonchev–Trinajstić information content (AvgIpc) is 2.83. The van der Waals surface area contributed by atoms with Crippen molar-refractivity contribution in [2.75, 3.05) is 7.11 Å². The van der Waals surface area contributed by atoms with E-state index in [1.165, 1.54) is 0 Å². The highest BCUT2D eigenvalue weighted by Gasteiger charge is 2.09. The summed E-state index contributed by atoms with van der Waals surface area (Å²) < 4.78 is 4.97. The topological polar surface area (TPSA) is 63.7 Å². The van der Waals surface area contributed by atoms with E-state index in [1.54, 1.807) is 31.6 Å². The summed E-state index contributed by atoms with van der Waals surface area (Å²) in [7, 11) is 1.60. The number of ether oxygens (including phenoxy) is 1. The number of aromatic nitrogens is 4. The lowest BCUT2D eigenvalue weighted by Crippen LogP contribution is -1.96. The minimum atomic E-state index is 0.381. The summed E-state index contributed by atoms with van der Waals surface area (Å²) in [5, 5.41) is 0.963. The van der Waals surface area contributed by atoms with Crippen molar-refractivity contribution in [1.82, 2.24) is 19.9 Å². The Bertz CT molecular complexity index is 716. The zero-order valence-corrected chi connectivity index (χ0v) is 12.0. The lowest BCUT2D eigenvalue weighted by molar-refractivity contribution is 0.178. The van der Waals surface area contributed by atoms with Crippen LogP contribution in [0.4, 0.5) is 0 Å². The third-order valence-corrected chi connectivity index (χ3v) is 3.50. The predicted molar refractivity (Wildman–Crippen MR) is 77.9 cm³/mol. The normalized spacial score (nSPS) is 11.2. The molecule has 3 rings (SSSR count). The number of H-pyrrole nitrogens is 1. The molecule has 102 valence electrons. The van der Waals surface area contributed by atoms with Gasteiger partial charge in [-0.05, 0) is 12.1 Å². The van der Waals surface area contributed by atoms with Crippen LogP contribution in [0.25, 0.3) is 22.4 Å². The van der Waals surface area contributed by atoms with Crippen molar-refractivity contribution >= 4 is 34.2 Å². The SMILES string of the molecule is COCc1ncc(-c2nc3cc(Cl)c(Cl)cc3[nH]2)cn1. The summed E-state index contributed by atoms with van der Waals surface area (Å²) in [4.78, 5) is 16.0. The van der Waals surface area contributed by atoms with E-state index in [0.717, 1.165) is 16.6 Å². The van der Waals surface area contributed by atoms with E-state index < -0.39 is 0 Å². The molecule has 0 fully saturated rings. The Kier molecular flexibility index (Phi) is 3.56. The van der Waals surface area contributed by atoms with Crippen LogP contribution in [-0.2, 0) is 11.3 Å². The lowest BCUT2D eigenvalue weighted by atomic mass is 10.3. The predicted octanol–water partition coefficient (Wildman–Crippen LogP) is 3.47. The van der Waals surface area contributed by atoms with Gasteiger partial charge < -0.3 is 9.72 Å². The quantitative estimate of drug-likeness (QED) is 0.804. The number of imidazole rings is 1. The van der Waals surface area contributed by atoms with E-state index in [1.807, 2.05) is 0 Å². The number of nitrogens with one attached hydrogen (secondary N) is 1. The van der Waals surface area contributed by atoms with Gasteiger partial charge in [0, 0.05) is 19.5 Å². The fourth-order valence-electron chi connectivity index (χ4n) is 1.82. The molecule has 7 heteroatoms. The summed E-state index contributed by atoms with van der Waals surface area (Å²) in [6, 6.07) is 3.47. The molecule has 0 aliphatic heterocycles. The molecule has 1 N–H and O–H groups in total. The molecule has 2 heterocycles. The van der Waals surface area contributed by atoms with Gasteiger partial charge in [0.15, 0.2) is 5.82 Å². The van der Waals surface area contributed by atoms with Gasteiger partial charge in [0.1, 0.15) is 12.4 Å². The highest BCUT2D eigenvalue weighted by molar-refractivity contribution is 6.42. The van der Waals surface area contributed by atoms with Crippen molar-refractivity contribution < 1.29 is 4.74 Å². The Balaban J connectivity index is 2.01. The number of hydrogen-bond donors (Lipinski definition) is 1. The third-order valence-electron chi connectivity index (χ3n) is 2.78. The van der Waals surface area contributed by atoms with Gasteiger partial charge in [0.2, 0.25) is 0 Å². The average molecular weight is 309 g/mol. The Morgan fingerprint density at radius 1 is 1.15 bits per heavy atom. The van der Waals surface area contributed by atoms with E-state index >= 15 is 0 Å². The number of nitrogens with zero attached hydrogens (tertiary/aromatic N) is 3. The van der Waals surface area contributed by atoms with Gasteiger partial charge in [0.25, 0.3) is 0 Å². The molecule has 0 unspecified atom stereocenters. The molecule has 0 aliphatic carbocycles. The van der Waals surface area contributed by atoms with Gasteiger partial charge in [-0.15, -0.1) is 0 Å². The van der Waals surface area contributed by atoms with Gasteiger partial charge in [-0.3, -0.25) is 0 Å². The molecule has 20 heavy (non-hydrogen) atoms. The third kappa shape index (κ3) is 2.47. The lowest BCUT2D eigenvalue weighted by Gasteiger charge is -1.99. The first-order valence-electron chi connectivity index (χ1n) is 5.82. The molecule has 0 saturated heterocycles. The zero-order valence-electron chi connectivity index (χ0n) is 10.5. The van der Waals surface area contributed by atoms with Crippen LogP contribution in [0, 0.1) is 0 Å². The van der Waals surface area contributed by atoms with Crippen LogP contribution in [0.15, 0.2) is 24.5 Å². The van der Waals surface area contributed by atoms with Crippen LogP contribution >= 0.6 is 23.2 Å². The van der Waals surface area contributed by atoms with Crippen LogP contribution in [0.5, 0.6) is 0 Å². The molecule has 3 aromatic rings. The molecule has 5 nitrogen and oxygen atoms in total. The monoisotopic (exact) mass is 308 g/mol. The van der Waals surface area contributed by atoms with E-state index in [2.05, 4.69) is 19.9 Å². The molecular weight excluding hydrogens is 299 g/mol. The van der Waals surface area contributed by atoms with Gasteiger partial charge in [-0.1, -0.05) is 23.2 Å². The fraction of sp³-hybridized carbons (Fsp3) is 0.154. The maximum Gasteiger partial charge on any atom is 0.153 e. The van der Waals surface area contributed by atoms with Crippen LogP contribution in [0.2, 0.25) is 10.0 Å². The standard InChI is InChI=1S/C13H10Cl2N4O/c1-20-6-12-16-4-7(5-17-12)13-18-10-2-8(14)9(15)3-11(10)19-13/h2-5H,6H2,1H3,(H,18,19). The number of fused-ring (bicyclic) bond motifs is 1. The highest BCUT2D eigenvalue weighted by atomic mass is 35.5. The summed E-state index contributed by atoms with van der Waals surface area (Å²) >= 11 is 12.0. The second-order valence-corrected chi connectivity index (χ2v) is 5.00. The van der Waals surface area contributed by atoms with Gasteiger partial charge >= 0.3 is 0 Å². The minimum Gasteiger partial charge on any atom is -0.377 e. The Morgan fingerprint density at radius 3 is 2.55 bits per heavy atom. The molecule has 0 radical (unpaired) electrons. The van der Waals surface area contributed by atoms with Crippen molar-refractivity contribution in [3.05, 3.63) is 40.4 Å². The van der Waals surface area contributed by atoms with Crippen molar-refractivity contribution in [3.8, 4) is 11.4 Å². The van der Waals surface area contributed by atoms with Crippen LogP contribution in [0.1, 0.15) is 5.82 Å². The smallest absolute Gasteiger partial charge is 0.153 e. The van der Waals surface area contributed by atoms with Gasteiger partial charge in [-0.25, -0.2) is 15.0 Å². The number of benzene rings is 1. The fourth-order valence-corrected chi connectivity index (χ4v) is 2.14.